The Morgan fingerprint density at radius 3 is 2.62 bits per heavy atom. The van der Waals surface area contributed by atoms with E-state index in [4.69, 9.17) is 5.73 Å². The summed E-state index contributed by atoms with van der Waals surface area (Å²) in [6, 6.07) is 11.7. The number of halogens is 2. The van der Waals surface area contributed by atoms with Crippen molar-refractivity contribution >= 4 is 49.1 Å². The molecular weight excluding hydrogens is 396 g/mol. The number of hydrogen-bond acceptors (Lipinski definition) is 2. The van der Waals surface area contributed by atoms with Crippen LogP contribution in [0.2, 0.25) is 0 Å². The Hall–Kier alpha value is -1.33. The van der Waals surface area contributed by atoms with Crippen molar-refractivity contribution in [3.63, 3.8) is 0 Å². The number of amides is 1. The van der Waals surface area contributed by atoms with Crippen molar-refractivity contribution < 1.29 is 4.79 Å². The molecule has 5 heteroatoms. The SMILES string of the molecule is Cc1ccccc1CCC(=O)Nc1c(N)cc(Br)cc1Br. The minimum absolute atomic E-state index is 0.0482. The zero-order chi connectivity index (χ0) is 15.4. The molecule has 110 valence electrons. The van der Waals surface area contributed by atoms with E-state index in [0.717, 1.165) is 8.95 Å². The summed E-state index contributed by atoms with van der Waals surface area (Å²) in [4.78, 5) is 12.1. The quantitative estimate of drug-likeness (QED) is 0.718. The molecule has 2 rings (SSSR count). The maximum Gasteiger partial charge on any atom is 0.224 e. The maximum absolute atomic E-state index is 12.1. The largest absolute Gasteiger partial charge is 0.397 e. The minimum atomic E-state index is -0.0482. The topological polar surface area (TPSA) is 55.1 Å². The molecule has 2 aromatic carbocycles. The minimum Gasteiger partial charge on any atom is -0.397 e. The number of nitrogen functional groups attached to an aromatic ring is 1. The third kappa shape index (κ3) is 4.32. The number of anilines is 2. The second-order valence-electron chi connectivity index (χ2n) is 4.83. The summed E-state index contributed by atoms with van der Waals surface area (Å²) < 4.78 is 1.63. The second-order valence-corrected chi connectivity index (χ2v) is 6.60. The van der Waals surface area contributed by atoms with Crippen LogP contribution in [0.15, 0.2) is 45.3 Å². The van der Waals surface area contributed by atoms with Gasteiger partial charge in [0.05, 0.1) is 11.4 Å². The third-order valence-corrected chi connectivity index (χ3v) is 4.32. The van der Waals surface area contributed by atoms with Crippen molar-refractivity contribution in [3.8, 4) is 0 Å². The summed E-state index contributed by atoms with van der Waals surface area (Å²) >= 11 is 6.77. The van der Waals surface area contributed by atoms with Gasteiger partial charge in [0.2, 0.25) is 5.91 Å². The van der Waals surface area contributed by atoms with E-state index in [1.807, 2.05) is 24.3 Å². The van der Waals surface area contributed by atoms with E-state index >= 15 is 0 Å². The summed E-state index contributed by atoms with van der Waals surface area (Å²) in [6.45, 7) is 2.05. The van der Waals surface area contributed by atoms with Crippen molar-refractivity contribution in [2.75, 3.05) is 11.1 Å². The van der Waals surface area contributed by atoms with Crippen LogP contribution in [0.3, 0.4) is 0 Å². The standard InChI is InChI=1S/C16H16Br2N2O/c1-10-4-2-3-5-11(10)6-7-15(21)20-16-13(18)8-12(17)9-14(16)19/h2-5,8-9H,6-7,19H2,1H3,(H,20,21). The molecule has 0 aromatic heterocycles. The Morgan fingerprint density at radius 1 is 1.24 bits per heavy atom. The first-order valence-electron chi connectivity index (χ1n) is 6.56. The molecule has 0 fully saturated rings. The molecule has 0 radical (unpaired) electrons. The summed E-state index contributed by atoms with van der Waals surface area (Å²) in [5, 5.41) is 2.86. The Morgan fingerprint density at radius 2 is 1.95 bits per heavy atom. The molecule has 3 N–H and O–H groups in total. The number of benzene rings is 2. The van der Waals surface area contributed by atoms with E-state index in [-0.39, 0.29) is 5.91 Å². The molecule has 1 amide bonds. The molecule has 0 atom stereocenters. The first-order chi connectivity index (χ1) is 9.97. The Labute approximate surface area is 141 Å². The van der Waals surface area contributed by atoms with E-state index < -0.39 is 0 Å². The van der Waals surface area contributed by atoms with Crippen molar-refractivity contribution in [2.24, 2.45) is 0 Å². The number of hydrogen-bond donors (Lipinski definition) is 2. The molecule has 0 aliphatic rings. The van der Waals surface area contributed by atoms with Gasteiger partial charge in [-0.2, -0.15) is 0 Å². The lowest BCUT2D eigenvalue weighted by Crippen LogP contribution is -2.14. The highest BCUT2D eigenvalue weighted by atomic mass is 79.9. The summed E-state index contributed by atoms with van der Waals surface area (Å²) in [5.41, 5.74) is 9.47. The molecule has 0 saturated carbocycles. The zero-order valence-electron chi connectivity index (χ0n) is 11.6. The number of nitrogens with one attached hydrogen (secondary N) is 1. The van der Waals surface area contributed by atoms with Crippen molar-refractivity contribution in [3.05, 3.63) is 56.5 Å². The zero-order valence-corrected chi connectivity index (χ0v) is 14.8. The normalized spacial score (nSPS) is 10.4. The van der Waals surface area contributed by atoms with E-state index in [0.29, 0.717) is 24.2 Å². The van der Waals surface area contributed by atoms with E-state index in [2.05, 4.69) is 50.2 Å². The van der Waals surface area contributed by atoms with Gasteiger partial charge in [-0.1, -0.05) is 40.2 Å². The van der Waals surface area contributed by atoms with Crippen molar-refractivity contribution in [2.45, 2.75) is 19.8 Å². The first-order valence-corrected chi connectivity index (χ1v) is 8.15. The lowest BCUT2D eigenvalue weighted by atomic mass is 10.0. The molecule has 0 unspecified atom stereocenters. The highest BCUT2D eigenvalue weighted by molar-refractivity contribution is 9.11. The molecule has 21 heavy (non-hydrogen) atoms. The number of carbonyl (C=O) groups excluding carboxylic acids is 1. The third-order valence-electron chi connectivity index (χ3n) is 3.23. The van der Waals surface area contributed by atoms with Crippen LogP contribution in [-0.4, -0.2) is 5.91 Å². The van der Waals surface area contributed by atoms with Gasteiger partial charge in [0.25, 0.3) is 0 Å². The van der Waals surface area contributed by atoms with E-state index in [1.165, 1.54) is 11.1 Å². The Kier molecular flexibility index (Phi) is 5.42. The van der Waals surface area contributed by atoms with Gasteiger partial charge in [0.1, 0.15) is 0 Å². The van der Waals surface area contributed by atoms with Crippen LogP contribution in [0.5, 0.6) is 0 Å². The Bertz CT molecular complexity index is 648. The molecule has 0 spiro atoms. The lowest BCUT2D eigenvalue weighted by molar-refractivity contribution is -0.116. The fourth-order valence-corrected chi connectivity index (χ4v) is 3.42. The van der Waals surface area contributed by atoms with Crippen molar-refractivity contribution in [1.82, 2.24) is 0 Å². The van der Waals surface area contributed by atoms with Gasteiger partial charge in [0, 0.05) is 15.4 Å². The lowest BCUT2D eigenvalue weighted by Gasteiger charge is -2.11. The summed E-state index contributed by atoms with van der Waals surface area (Å²) in [6.07, 6.45) is 1.14. The molecule has 0 aliphatic heterocycles. The fraction of sp³-hybridized carbons (Fsp3) is 0.188. The highest BCUT2D eigenvalue weighted by Gasteiger charge is 2.10. The average Bonchev–Trinajstić information content (AvgIpc) is 2.42. The molecule has 0 saturated heterocycles. The van der Waals surface area contributed by atoms with Crippen LogP contribution in [0.25, 0.3) is 0 Å². The van der Waals surface area contributed by atoms with Crippen LogP contribution in [-0.2, 0) is 11.2 Å². The van der Waals surface area contributed by atoms with Crippen LogP contribution < -0.4 is 11.1 Å². The van der Waals surface area contributed by atoms with E-state index in [1.54, 1.807) is 6.07 Å². The summed E-state index contributed by atoms with van der Waals surface area (Å²) in [5.74, 6) is -0.0482. The summed E-state index contributed by atoms with van der Waals surface area (Å²) in [7, 11) is 0. The molecule has 0 bridgehead atoms. The van der Waals surface area contributed by atoms with Crippen molar-refractivity contribution in [1.29, 1.82) is 0 Å². The average molecular weight is 412 g/mol. The number of rotatable bonds is 4. The van der Waals surface area contributed by atoms with E-state index in [9.17, 15) is 4.79 Å². The number of carbonyl (C=O) groups is 1. The van der Waals surface area contributed by atoms with Gasteiger partial charge < -0.3 is 11.1 Å². The van der Waals surface area contributed by atoms with Gasteiger partial charge >= 0.3 is 0 Å². The number of aryl methyl sites for hydroxylation is 2. The highest BCUT2D eigenvalue weighted by Crippen LogP contribution is 2.32. The second kappa shape index (κ2) is 7.09. The van der Waals surface area contributed by atoms with Gasteiger partial charge in [0.15, 0.2) is 0 Å². The first kappa shape index (κ1) is 16.0. The van der Waals surface area contributed by atoms with Crippen LogP contribution in [0.1, 0.15) is 17.5 Å². The predicted octanol–water partition coefficient (Wildman–Crippen LogP) is 4.67. The van der Waals surface area contributed by atoms with Gasteiger partial charge in [-0.3, -0.25) is 4.79 Å². The predicted molar refractivity (Wildman–Crippen MR) is 94.4 cm³/mol. The van der Waals surface area contributed by atoms with Crippen LogP contribution in [0.4, 0.5) is 11.4 Å². The fourth-order valence-electron chi connectivity index (χ4n) is 2.07. The van der Waals surface area contributed by atoms with Gasteiger partial charge in [-0.25, -0.2) is 0 Å². The smallest absolute Gasteiger partial charge is 0.224 e. The van der Waals surface area contributed by atoms with Crippen LogP contribution >= 0.6 is 31.9 Å². The maximum atomic E-state index is 12.1. The van der Waals surface area contributed by atoms with Crippen LogP contribution in [0, 0.1) is 6.92 Å². The molecular formula is C16H16Br2N2O. The van der Waals surface area contributed by atoms with Gasteiger partial charge in [-0.15, -0.1) is 0 Å². The monoisotopic (exact) mass is 410 g/mol. The van der Waals surface area contributed by atoms with Gasteiger partial charge in [-0.05, 0) is 52.5 Å². The molecule has 2 aromatic rings. The molecule has 0 aliphatic carbocycles. The Balaban J connectivity index is 2.01. The molecule has 3 nitrogen and oxygen atoms in total. The number of nitrogens with two attached hydrogens (primary N) is 1. The molecule has 0 heterocycles.